The van der Waals surface area contributed by atoms with Crippen molar-refractivity contribution in [1.82, 2.24) is 5.32 Å². The Morgan fingerprint density at radius 3 is 2.75 bits per heavy atom. The number of nitrogens with zero attached hydrogens (tertiary/aromatic N) is 1. The van der Waals surface area contributed by atoms with Crippen LogP contribution in [-0.2, 0) is 4.79 Å². The molecule has 0 aliphatic heterocycles. The lowest BCUT2D eigenvalue weighted by atomic mass is 10.1. The number of hydrogen-bond acceptors (Lipinski definition) is 3. The summed E-state index contributed by atoms with van der Waals surface area (Å²) in [5.41, 5.74) is 0.808. The molecule has 0 fully saturated rings. The van der Waals surface area contributed by atoms with Crippen molar-refractivity contribution in [2.75, 3.05) is 6.61 Å². The van der Waals surface area contributed by atoms with Crippen LogP contribution in [0.25, 0.3) is 6.08 Å². The summed E-state index contributed by atoms with van der Waals surface area (Å²) >= 11 is 0. The highest BCUT2D eigenvalue weighted by Crippen LogP contribution is 2.21. The highest BCUT2D eigenvalue weighted by atomic mass is 16.5. The maximum atomic E-state index is 11.9. The number of benzene rings is 1. The summed E-state index contributed by atoms with van der Waals surface area (Å²) in [6, 6.07) is 9.29. The van der Waals surface area contributed by atoms with Crippen molar-refractivity contribution >= 4 is 12.0 Å². The number of nitrogens with one attached hydrogen (secondary N) is 1. The zero-order valence-electron chi connectivity index (χ0n) is 12.1. The standard InChI is InChI=1S/C16H20N2O2/c1-4-9-20-15-8-6-5-7-13(15)10-14(11-17)16(19)18-12(2)3/h5-8,10,12H,4,9H2,1-3H3,(H,18,19)/b14-10+. The number of nitriles is 1. The van der Waals surface area contributed by atoms with E-state index in [1.807, 2.05) is 51.1 Å². The second-order valence-electron chi connectivity index (χ2n) is 4.68. The number of para-hydroxylation sites is 1. The first-order valence-corrected chi connectivity index (χ1v) is 6.73. The van der Waals surface area contributed by atoms with Gasteiger partial charge in [-0.2, -0.15) is 5.26 Å². The second kappa shape index (κ2) is 8.00. The minimum atomic E-state index is -0.368. The number of amides is 1. The molecular weight excluding hydrogens is 252 g/mol. The molecule has 20 heavy (non-hydrogen) atoms. The number of rotatable bonds is 6. The van der Waals surface area contributed by atoms with E-state index in [1.54, 1.807) is 6.08 Å². The van der Waals surface area contributed by atoms with Crippen molar-refractivity contribution in [3.8, 4) is 11.8 Å². The molecule has 1 aromatic rings. The lowest BCUT2D eigenvalue weighted by Crippen LogP contribution is -2.30. The maximum absolute atomic E-state index is 11.9. The van der Waals surface area contributed by atoms with Crippen molar-refractivity contribution in [3.05, 3.63) is 35.4 Å². The molecule has 1 rings (SSSR count). The lowest BCUT2D eigenvalue weighted by molar-refractivity contribution is -0.117. The van der Waals surface area contributed by atoms with Gasteiger partial charge in [-0.3, -0.25) is 4.79 Å². The van der Waals surface area contributed by atoms with Crippen LogP contribution in [0, 0.1) is 11.3 Å². The van der Waals surface area contributed by atoms with Gasteiger partial charge < -0.3 is 10.1 Å². The zero-order valence-corrected chi connectivity index (χ0v) is 12.1. The predicted molar refractivity (Wildman–Crippen MR) is 79.1 cm³/mol. The van der Waals surface area contributed by atoms with Gasteiger partial charge in [-0.25, -0.2) is 0 Å². The Hall–Kier alpha value is -2.28. The Morgan fingerprint density at radius 1 is 1.45 bits per heavy atom. The summed E-state index contributed by atoms with van der Waals surface area (Å²) < 4.78 is 5.61. The normalized spacial score (nSPS) is 11.1. The van der Waals surface area contributed by atoms with E-state index < -0.39 is 0 Å². The Kier molecular flexibility index (Phi) is 6.31. The fourth-order valence-corrected chi connectivity index (χ4v) is 1.59. The summed E-state index contributed by atoms with van der Waals surface area (Å²) in [6.07, 6.45) is 2.46. The molecule has 0 spiro atoms. The summed E-state index contributed by atoms with van der Waals surface area (Å²) in [7, 11) is 0. The Morgan fingerprint density at radius 2 is 2.15 bits per heavy atom. The smallest absolute Gasteiger partial charge is 0.262 e. The third-order valence-electron chi connectivity index (χ3n) is 2.47. The van der Waals surface area contributed by atoms with E-state index in [1.165, 1.54) is 0 Å². The number of hydrogen-bond donors (Lipinski definition) is 1. The van der Waals surface area contributed by atoms with Crippen LogP contribution in [0.3, 0.4) is 0 Å². The van der Waals surface area contributed by atoms with Gasteiger partial charge in [-0.05, 0) is 32.4 Å². The monoisotopic (exact) mass is 272 g/mol. The van der Waals surface area contributed by atoms with Gasteiger partial charge in [-0.1, -0.05) is 25.1 Å². The Balaban J connectivity index is 3.01. The van der Waals surface area contributed by atoms with Crippen LogP contribution in [-0.4, -0.2) is 18.6 Å². The second-order valence-corrected chi connectivity index (χ2v) is 4.68. The van der Waals surface area contributed by atoms with Gasteiger partial charge in [0, 0.05) is 11.6 Å². The predicted octanol–water partition coefficient (Wildman–Crippen LogP) is 2.91. The molecule has 0 aliphatic rings. The number of carbonyl (C=O) groups excluding carboxylic acids is 1. The van der Waals surface area contributed by atoms with Crippen LogP contribution in [0.5, 0.6) is 5.75 Å². The van der Waals surface area contributed by atoms with E-state index >= 15 is 0 Å². The molecule has 4 nitrogen and oxygen atoms in total. The SMILES string of the molecule is CCCOc1ccccc1/C=C(\C#N)C(=O)NC(C)C. The summed E-state index contributed by atoms with van der Waals surface area (Å²) in [6.45, 7) is 6.33. The van der Waals surface area contributed by atoms with Crippen molar-refractivity contribution in [1.29, 1.82) is 5.26 Å². The minimum Gasteiger partial charge on any atom is -0.493 e. The van der Waals surface area contributed by atoms with E-state index in [-0.39, 0.29) is 17.5 Å². The summed E-state index contributed by atoms with van der Waals surface area (Å²) in [4.78, 5) is 11.9. The van der Waals surface area contributed by atoms with Crippen LogP contribution in [0.2, 0.25) is 0 Å². The van der Waals surface area contributed by atoms with Gasteiger partial charge in [0.1, 0.15) is 17.4 Å². The first-order valence-electron chi connectivity index (χ1n) is 6.73. The first-order chi connectivity index (χ1) is 9.58. The van der Waals surface area contributed by atoms with E-state index in [0.717, 1.165) is 12.0 Å². The summed E-state index contributed by atoms with van der Waals surface area (Å²) in [5, 5.41) is 11.8. The Bertz CT molecular complexity index is 528. The van der Waals surface area contributed by atoms with Crippen LogP contribution >= 0.6 is 0 Å². The highest BCUT2D eigenvalue weighted by Gasteiger charge is 2.11. The average molecular weight is 272 g/mol. The third kappa shape index (κ3) is 4.77. The molecule has 4 heteroatoms. The zero-order chi connectivity index (χ0) is 15.0. The fraction of sp³-hybridized carbons (Fsp3) is 0.375. The molecule has 1 N–H and O–H groups in total. The van der Waals surface area contributed by atoms with Crippen molar-refractivity contribution < 1.29 is 9.53 Å². The number of carbonyl (C=O) groups is 1. The van der Waals surface area contributed by atoms with Crippen molar-refractivity contribution in [2.24, 2.45) is 0 Å². The molecule has 1 amide bonds. The van der Waals surface area contributed by atoms with Crippen LogP contribution < -0.4 is 10.1 Å². The van der Waals surface area contributed by atoms with E-state index in [2.05, 4.69) is 5.32 Å². The quantitative estimate of drug-likeness (QED) is 0.639. The molecule has 0 unspecified atom stereocenters. The average Bonchev–Trinajstić information content (AvgIpc) is 2.42. The van der Waals surface area contributed by atoms with Gasteiger partial charge in [0.25, 0.3) is 5.91 Å². The Labute approximate surface area is 120 Å². The van der Waals surface area contributed by atoms with Gasteiger partial charge in [-0.15, -0.1) is 0 Å². The molecule has 0 aromatic heterocycles. The molecule has 0 radical (unpaired) electrons. The third-order valence-corrected chi connectivity index (χ3v) is 2.47. The molecule has 0 heterocycles. The molecular formula is C16H20N2O2. The molecule has 106 valence electrons. The van der Waals surface area contributed by atoms with Crippen LogP contribution in [0.4, 0.5) is 0 Å². The largest absolute Gasteiger partial charge is 0.493 e. The van der Waals surface area contributed by atoms with Gasteiger partial charge in [0.15, 0.2) is 0 Å². The van der Waals surface area contributed by atoms with Crippen LogP contribution in [0.1, 0.15) is 32.8 Å². The van der Waals surface area contributed by atoms with E-state index in [0.29, 0.717) is 12.4 Å². The molecule has 0 saturated carbocycles. The van der Waals surface area contributed by atoms with E-state index in [9.17, 15) is 4.79 Å². The van der Waals surface area contributed by atoms with Crippen molar-refractivity contribution in [2.45, 2.75) is 33.2 Å². The molecule has 0 atom stereocenters. The maximum Gasteiger partial charge on any atom is 0.262 e. The fourth-order valence-electron chi connectivity index (χ4n) is 1.59. The molecule has 0 saturated heterocycles. The van der Waals surface area contributed by atoms with Gasteiger partial charge in [0.05, 0.1) is 6.61 Å². The van der Waals surface area contributed by atoms with Crippen LogP contribution in [0.15, 0.2) is 29.8 Å². The molecule has 0 aliphatic carbocycles. The lowest BCUT2D eigenvalue weighted by Gasteiger charge is -2.09. The summed E-state index contributed by atoms with van der Waals surface area (Å²) in [5.74, 6) is 0.312. The number of ether oxygens (including phenoxy) is 1. The first kappa shape index (κ1) is 15.8. The van der Waals surface area contributed by atoms with Crippen molar-refractivity contribution in [3.63, 3.8) is 0 Å². The van der Waals surface area contributed by atoms with E-state index in [4.69, 9.17) is 10.00 Å². The molecule has 0 bridgehead atoms. The highest BCUT2D eigenvalue weighted by molar-refractivity contribution is 6.02. The molecule has 1 aromatic carbocycles. The minimum absolute atomic E-state index is 0.00849. The topological polar surface area (TPSA) is 62.1 Å². The van der Waals surface area contributed by atoms with Gasteiger partial charge >= 0.3 is 0 Å². The van der Waals surface area contributed by atoms with Gasteiger partial charge in [0.2, 0.25) is 0 Å².